The molecule has 0 saturated carbocycles. The molecule has 3 nitrogen and oxygen atoms in total. The number of hydrogen-bond acceptors (Lipinski definition) is 3. The second kappa shape index (κ2) is 4.13. The van der Waals surface area contributed by atoms with Crippen molar-refractivity contribution in [1.29, 1.82) is 5.26 Å². The van der Waals surface area contributed by atoms with Crippen LogP contribution in [-0.2, 0) is 0 Å². The average molecular weight is 215 g/mol. The van der Waals surface area contributed by atoms with Crippen LogP contribution in [0.1, 0.15) is 36.6 Å². The van der Waals surface area contributed by atoms with Crippen LogP contribution in [0.15, 0.2) is 6.07 Å². The molecule has 1 aromatic heterocycles. The average Bonchev–Trinajstić information content (AvgIpc) is 2.63. The fraction of sp³-hybridized carbons (Fsp3) is 0.538. The fourth-order valence-electron chi connectivity index (χ4n) is 2.41. The summed E-state index contributed by atoms with van der Waals surface area (Å²) >= 11 is 0. The smallest absolute Gasteiger partial charge is 0.147 e. The van der Waals surface area contributed by atoms with Gasteiger partial charge in [0.05, 0.1) is 5.56 Å². The van der Waals surface area contributed by atoms with Gasteiger partial charge in [-0.05, 0) is 45.2 Å². The Bertz CT molecular complexity index is 445. The number of nitrogens with zero attached hydrogens (tertiary/aromatic N) is 3. The van der Waals surface area contributed by atoms with Gasteiger partial charge < -0.3 is 4.90 Å². The van der Waals surface area contributed by atoms with Gasteiger partial charge in [-0.15, -0.1) is 0 Å². The van der Waals surface area contributed by atoms with Crippen LogP contribution in [0.3, 0.4) is 0 Å². The lowest BCUT2D eigenvalue weighted by atomic mass is 10.1. The Morgan fingerprint density at radius 2 is 2.25 bits per heavy atom. The summed E-state index contributed by atoms with van der Waals surface area (Å²) in [6.45, 7) is 7.19. The summed E-state index contributed by atoms with van der Waals surface area (Å²) in [5, 5.41) is 9.22. The van der Waals surface area contributed by atoms with E-state index in [2.05, 4.69) is 22.9 Å². The Kier molecular flexibility index (Phi) is 2.82. The number of rotatable bonds is 1. The molecule has 1 saturated heterocycles. The Balaban J connectivity index is 2.51. The van der Waals surface area contributed by atoms with E-state index in [-0.39, 0.29) is 0 Å². The predicted octanol–water partition coefficient (Wildman–Crippen LogP) is 2.56. The summed E-state index contributed by atoms with van der Waals surface area (Å²) in [5.74, 6) is 0.880. The third kappa shape index (κ3) is 1.76. The maximum atomic E-state index is 9.22. The zero-order valence-electron chi connectivity index (χ0n) is 10.1. The van der Waals surface area contributed by atoms with Gasteiger partial charge in [-0.25, -0.2) is 4.98 Å². The van der Waals surface area contributed by atoms with Crippen molar-refractivity contribution in [2.75, 3.05) is 11.4 Å². The summed E-state index contributed by atoms with van der Waals surface area (Å²) in [4.78, 5) is 6.80. The maximum Gasteiger partial charge on any atom is 0.147 e. The van der Waals surface area contributed by atoms with Gasteiger partial charge >= 0.3 is 0 Å². The SMILES string of the molecule is Cc1cc(C)c(C#N)c(N2CCCC2C)n1. The molecule has 0 radical (unpaired) electrons. The zero-order chi connectivity index (χ0) is 11.7. The van der Waals surface area contributed by atoms with Crippen LogP contribution >= 0.6 is 0 Å². The Morgan fingerprint density at radius 3 is 2.81 bits per heavy atom. The van der Waals surface area contributed by atoms with Crippen LogP contribution in [-0.4, -0.2) is 17.6 Å². The van der Waals surface area contributed by atoms with E-state index in [0.29, 0.717) is 6.04 Å². The van der Waals surface area contributed by atoms with Gasteiger partial charge in [0, 0.05) is 18.3 Å². The number of aromatic nitrogens is 1. The molecule has 1 atom stereocenters. The van der Waals surface area contributed by atoms with Crippen LogP contribution in [0.5, 0.6) is 0 Å². The third-order valence-corrected chi connectivity index (χ3v) is 3.26. The summed E-state index contributed by atoms with van der Waals surface area (Å²) in [7, 11) is 0. The number of nitriles is 1. The Morgan fingerprint density at radius 1 is 1.50 bits per heavy atom. The van der Waals surface area contributed by atoms with E-state index < -0.39 is 0 Å². The van der Waals surface area contributed by atoms with Crippen LogP contribution in [0, 0.1) is 25.2 Å². The van der Waals surface area contributed by atoms with Gasteiger partial charge in [-0.1, -0.05) is 0 Å². The highest BCUT2D eigenvalue weighted by molar-refractivity contribution is 5.59. The topological polar surface area (TPSA) is 39.9 Å². The second-order valence-corrected chi connectivity index (χ2v) is 4.58. The van der Waals surface area contributed by atoms with Gasteiger partial charge in [0.2, 0.25) is 0 Å². The van der Waals surface area contributed by atoms with Crippen molar-refractivity contribution in [3.05, 3.63) is 22.9 Å². The van der Waals surface area contributed by atoms with Crippen LogP contribution in [0.25, 0.3) is 0 Å². The molecule has 0 spiro atoms. The van der Waals surface area contributed by atoms with Crippen molar-refractivity contribution in [1.82, 2.24) is 4.98 Å². The first-order chi connectivity index (χ1) is 7.63. The van der Waals surface area contributed by atoms with Gasteiger partial charge in [-0.2, -0.15) is 5.26 Å². The summed E-state index contributed by atoms with van der Waals surface area (Å²) in [6.07, 6.45) is 2.39. The highest BCUT2D eigenvalue weighted by atomic mass is 15.2. The number of hydrogen-bond donors (Lipinski definition) is 0. The standard InChI is InChI=1S/C13H17N3/c1-9-7-10(2)15-13(12(9)8-14)16-6-4-5-11(16)3/h7,11H,4-6H2,1-3H3. The molecule has 84 valence electrons. The molecule has 1 aromatic rings. The fourth-order valence-corrected chi connectivity index (χ4v) is 2.41. The molecule has 0 N–H and O–H groups in total. The number of pyridine rings is 1. The summed E-state index contributed by atoms with van der Waals surface area (Å²) in [5.41, 5.74) is 2.76. The van der Waals surface area contributed by atoms with Crippen molar-refractivity contribution in [2.45, 2.75) is 39.7 Å². The van der Waals surface area contributed by atoms with E-state index in [1.165, 1.54) is 12.8 Å². The first-order valence-electron chi connectivity index (χ1n) is 5.78. The highest BCUT2D eigenvalue weighted by Gasteiger charge is 2.24. The molecule has 2 rings (SSSR count). The Labute approximate surface area is 96.7 Å². The minimum absolute atomic E-state index is 0.501. The van der Waals surface area contributed by atoms with E-state index >= 15 is 0 Å². The molecular formula is C13H17N3. The van der Waals surface area contributed by atoms with Crippen LogP contribution < -0.4 is 4.90 Å². The Hall–Kier alpha value is -1.56. The van der Waals surface area contributed by atoms with E-state index in [1.807, 2.05) is 19.9 Å². The van der Waals surface area contributed by atoms with Crippen molar-refractivity contribution < 1.29 is 0 Å². The molecule has 0 amide bonds. The lowest BCUT2D eigenvalue weighted by Crippen LogP contribution is -2.28. The second-order valence-electron chi connectivity index (χ2n) is 4.58. The number of anilines is 1. The molecular weight excluding hydrogens is 198 g/mol. The molecule has 1 fully saturated rings. The summed E-state index contributed by atoms with van der Waals surface area (Å²) < 4.78 is 0. The quantitative estimate of drug-likeness (QED) is 0.722. The van der Waals surface area contributed by atoms with Crippen molar-refractivity contribution >= 4 is 5.82 Å². The molecule has 0 bridgehead atoms. The van der Waals surface area contributed by atoms with Gasteiger partial charge in [-0.3, -0.25) is 0 Å². The summed E-state index contributed by atoms with van der Waals surface area (Å²) in [6, 6.07) is 4.76. The van der Waals surface area contributed by atoms with E-state index in [9.17, 15) is 5.26 Å². The van der Waals surface area contributed by atoms with Crippen LogP contribution in [0.4, 0.5) is 5.82 Å². The maximum absolute atomic E-state index is 9.22. The first kappa shape index (κ1) is 10.9. The molecule has 0 aliphatic carbocycles. The zero-order valence-corrected chi connectivity index (χ0v) is 10.1. The molecule has 1 unspecified atom stereocenters. The molecule has 3 heteroatoms. The molecule has 2 heterocycles. The lowest BCUT2D eigenvalue weighted by Gasteiger charge is -2.24. The van der Waals surface area contributed by atoms with E-state index in [4.69, 9.17) is 0 Å². The minimum Gasteiger partial charge on any atom is -0.353 e. The van der Waals surface area contributed by atoms with Gasteiger partial charge in [0.25, 0.3) is 0 Å². The van der Waals surface area contributed by atoms with Gasteiger partial charge in [0.15, 0.2) is 0 Å². The van der Waals surface area contributed by atoms with E-state index in [0.717, 1.165) is 29.2 Å². The molecule has 16 heavy (non-hydrogen) atoms. The first-order valence-corrected chi connectivity index (χ1v) is 5.78. The van der Waals surface area contributed by atoms with Crippen LogP contribution in [0.2, 0.25) is 0 Å². The third-order valence-electron chi connectivity index (χ3n) is 3.26. The molecule has 0 aromatic carbocycles. The highest BCUT2D eigenvalue weighted by Crippen LogP contribution is 2.28. The minimum atomic E-state index is 0.501. The number of aryl methyl sites for hydroxylation is 2. The normalized spacial score (nSPS) is 19.9. The molecule has 1 aliphatic heterocycles. The lowest BCUT2D eigenvalue weighted by molar-refractivity contribution is 0.725. The monoisotopic (exact) mass is 215 g/mol. The largest absolute Gasteiger partial charge is 0.353 e. The van der Waals surface area contributed by atoms with E-state index in [1.54, 1.807) is 0 Å². The van der Waals surface area contributed by atoms with Crippen molar-refractivity contribution in [3.63, 3.8) is 0 Å². The van der Waals surface area contributed by atoms with Crippen molar-refractivity contribution in [3.8, 4) is 6.07 Å². The predicted molar refractivity (Wildman–Crippen MR) is 64.5 cm³/mol. The van der Waals surface area contributed by atoms with Crippen molar-refractivity contribution in [2.24, 2.45) is 0 Å². The molecule has 1 aliphatic rings. The van der Waals surface area contributed by atoms with Gasteiger partial charge in [0.1, 0.15) is 11.9 Å².